The maximum atomic E-state index is 12.5. The van der Waals surface area contributed by atoms with Gasteiger partial charge in [-0.1, -0.05) is 19.4 Å². The number of benzene rings is 1. The standard InChI is InChI=1S/C21H23NO4S/c1-2-3-12-25-17-10-8-16(9-11-17)20(23)22-15-21(24,18-6-4-13-26-18)19-7-5-14-27-19/h4-11,13-14,24H,2-3,12,15H2,1H3,(H,22,23)/t21-/m1/s1. The minimum Gasteiger partial charge on any atom is -0.494 e. The molecule has 0 bridgehead atoms. The van der Waals surface area contributed by atoms with E-state index in [0.717, 1.165) is 18.6 Å². The smallest absolute Gasteiger partial charge is 0.251 e. The quantitative estimate of drug-likeness (QED) is 0.542. The summed E-state index contributed by atoms with van der Waals surface area (Å²) in [6.07, 6.45) is 3.58. The van der Waals surface area contributed by atoms with Crippen LogP contribution in [0.1, 0.15) is 40.8 Å². The third-order valence-corrected chi connectivity index (χ3v) is 5.27. The van der Waals surface area contributed by atoms with E-state index in [1.54, 1.807) is 36.4 Å². The summed E-state index contributed by atoms with van der Waals surface area (Å²) >= 11 is 1.41. The monoisotopic (exact) mass is 385 g/mol. The Morgan fingerprint density at radius 3 is 2.67 bits per heavy atom. The molecule has 0 unspecified atom stereocenters. The fourth-order valence-corrected chi connectivity index (χ4v) is 3.50. The van der Waals surface area contributed by atoms with Crippen LogP contribution in [-0.2, 0) is 5.60 Å². The predicted molar refractivity (Wildman–Crippen MR) is 105 cm³/mol. The highest BCUT2D eigenvalue weighted by Crippen LogP contribution is 2.32. The van der Waals surface area contributed by atoms with Gasteiger partial charge in [-0.05, 0) is 54.3 Å². The Morgan fingerprint density at radius 1 is 1.22 bits per heavy atom. The maximum absolute atomic E-state index is 12.5. The highest BCUT2D eigenvalue weighted by Gasteiger charge is 2.36. The third kappa shape index (κ3) is 4.59. The second-order valence-electron chi connectivity index (χ2n) is 6.22. The molecule has 0 spiro atoms. The molecule has 27 heavy (non-hydrogen) atoms. The van der Waals surface area contributed by atoms with Crippen molar-refractivity contribution in [1.29, 1.82) is 0 Å². The Morgan fingerprint density at radius 2 is 2.04 bits per heavy atom. The average molecular weight is 385 g/mol. The Kier molecular flexibility index (Phi) is 6.32. The van der Waals surface area contributed by atoms with Crippen molar-refractivity contribution in [3.8, 4) is 5.75 Å². The van der Waals surface area contributed by atoms with Crippen molar-refractivity contribution in [3.63, 3.8) is 0 Å². The van der Waals surface area contributed by atoms with Crippen molar-refractivity contribution in [2.45, 2.75) is 25.4 Å². The molecular formula is C21H23NO4S. The van der Waals surface area contributed by atoms with E-state index in [1.165, 1.54) is 17.6 Å². The van der Waals surface area contributed by atoms with Crippen LogP contribution in [0, 0.1) is 0 Å². The number of unbranched alkanes of at least 4 members (excludes halogenated alkanes) is 1. The van der Waals surface area contributed by atoms with Crippen LogP contribution in [0.15, 0.2) is 64.6 Å². The van der Waals surface area contributed by atoms with Gasteiger partial charge in [0.2, 0.25) is 0 Å². The summed E-state index contributed by atoms with van der Waals surface area (Å²) in [5.41, 5.74) is -0.901. The summed E-state index contributed by atoms with van der Waals surface area (Å²) in [4.78, 5) is 13.2. The molecule has 2 aromatic heterocycles. The average Bonchev–Trinajstić information content (AvgIpc) is 3.41. The number of carbonyl (C=O) groups excluding carboxylic acids is 1. The number of thiophene rings is 1. The van der Waals surface area contributed by atoms with Crippen LogP contribution in [0.2, 0.25) is 0 Å². The molecule has 2 heterocycles. The van der Waals surface area contributed by atoms with Crippen LogP contribution in [0.25, 0.3) is 0 Å². The lowest BCUT2D eigenvalue weighted by atomic mass is 9.98. The Labute approximate surface area is 162 Å². The third-order valence-electron chi connectivity index (χ3n) is 4.25. The van der Waals surface area contributed by atoms with Crippen molar-refractivity contribution in [1.82, 2.24) is 5.32 Å². The number of rotatable bonds is 9. The molecule has 3 aromatic rings. The van der Waals surface area contributed by atoms with Crippen molar-refractivity contribution >= 4 is 17.2 Å². The molecule has 0 aliphatic rings. The zero-order chi connectivity index (χ0) is 19.1. The number of amides is 1. The van der Waals surface area contributed by atoms with Crippen LogP contribution >= 0.6 is 11.3 Å². The van der Waals surface area contributed by atoms with E-state index < -0.39 is 5.60 Å². The maximum Gasteiger partial charge on any atom is 0.251 e. The Hall–Kier alpha value is -2.57. The first-order valence-electron chi connectivity index (χ1n) is 8.95. The van der Waals surface area contributed by atoms with Gasteiger partial charge in [-0.3, -0.25) is 4.79 Å². The van der Waals surface area contributed by atoms with E-state index in [9.17, 15) is 9.90 Å². The topological polar surface area (TPSA) is 71.7 Å². The number of hydrogen-bond acceptors (Lipinski definition) is 5. The second-order valence-corrected chi connectivity index (χ2v) is 7.17. The van der Waals surface area contributed by atoms with Gasteiger partial charge >= 0.3 is 0 Å². The van der Waals surface area contributed by atoms with E-state index in [0.29, 0.717) is 22.8 Å². The molecule has 1 atom stereocenters. The number of hydrogen-bond donors (Lipinski definition) is 2. The van der Waals surface area contributed by atoms with E-state index in [4.69, 9.17) is 9.15 Å². The molecule has 1 amide bonds. The predicted octanol–water partition coefficient (Wildman–Crippen LogP) is 4.19. The number of aliphatic hydroxyl groups is 1. The lowest BCUT2D eigenvalue weighted by Gasteiger charge is -2.25. The molecule has 0 radical (unpaired) electrons. The summed E-state index contributed by atoms with van der Waals surface area (Å²) in [5.74, 6) is 0.868. The molecule has 6 heteroatoms. The van der Waals surface area contributed by atoms with Gasteiger partial charge in [0, 0.05) is 10.4 Å². The van der Waals surface area contributed by atoms with Crippen molar-refractivity contribution in [2.75, 3.05) is 13.2 Å². The number of furan rings is 1. The van der Waals surface area contributed by atoms with Crippen LogP contribution in [-0.4, -0.2) is 24.2 Å². The van der Waals surface area contributed by atoms with Gasteiger partial charge in [0.25, 0.3) is 5.91 Å². The van der Waals surface area contributed by atoms with Gasteiger partial charge in [-0.15, -0.1) is 11.3 Å². The first kappa shape index (κ1) is 19.2. The van der Waals surface area contributed by atoms with Crippen molar-refractivity contribution in [3.05, 3.63) is 76.4 Å². The number of carbonyl (C=O) groups is 1. The molecule has 0 saturated heterocycles. The highest BCUT2D eigenvalue weighted by atomic mass is 32.1. The minimum absolute atomic E-state index is 0.00854. The number of nitrogens with one attached hydrogen (secondary N) is 1. The fourth-order valence-electron chi connectivity index (χ4n) is 2.67. The molecule has 5 nitrogen and oxygen atoms in total. The molecule has 2 N–H and O–H groups in total. The lowest BCUT2D eigenvalue weighted by Crippen LogP contribution is -2.41. The molecule has 0 aliphatic heterocycles. The molecule has 0 aliphatic carbocycles. The molecule has 1 aromatic carbocycles. The number of ether oxygens (including phenoxy) is 1. The Balaban J connectivity index is 1.66. The van der Waals surface area contributed by atoms with Crippen LogP contribution in [0.5, 0.6) is 5.75 Å². The second kappa shape index (κ2) is 8.88. The summed E-state index contributed by atoms with van der Waals surface area (Å²) < 4.78 is 11.0. The molecule has 3 rings (SSSR count). The van der Waals surface area contributed by atoms with Crippen molar-refractivity contribution in [2.24, 2.45) is 0 Å². The summed E-state index contributed by atoms with van der Waals surface area (Å²) in [6, 6.07) is 14.1. The van der Waals surface area contributed by atoms with E-state index in [1.807, 2.05) is 17.5 Å². The first-order valence-corrected chi connectivity index (χ1v) is 9.83. The van der Waals surface area contributed by atoms with Gasteiger partial charge in [-0.25, -0.2) is 0 Å². The van der Waals surface area contributed by atoms with Gasteiger partial charge in [0.15, 0.2) is 5.60 Å². The van der Waals surface area contributed by atoms with E-state index >= 15 is 0 Å². The van der Waals surface area contributed by atoms with E-state index in [2.05, 4.69) is 12.2 Å². The lowest BCUT2D eigenvalue weighted by molar-refractivity contribution is 0.0554. The van der Waals surface area contributed by atoms with Gasteiger partial charge < -0.3 is 19.6 Å². The van der Waals surface area contributed by atoms with Gasteiger partial charge in [0.1, 0.15) is 11.5 Å². The minimum atomic E-state index is -1.41. The fraction of sp³-hybridized carbons (Fsp3) is 0.286. The SMILES string of the molecule is CCCCOc1ccc(C(=O)NC[C@@](O)(c2ccco2)c2cccs2)cc1. The molecular weight excluding hydrogens is 362 g/mol. The molecule has 0 saturated carbocycles. The van der Waals surface area contributed by atoms with Crippen molar-refractivity contribution < 1.29 is 19.1 Å². The zero-order valence-corrected chi connectivity index (χ0v) is 16.0. The van der Waals surface area contributed by atoms with Gasteiger partial charge in [-0.2, -0.15) is 0 Å². The van der Waals surface area contributed by atoms with Crippen LogP contribution in [0.4, 0.5) is 0 Å². The Bertz CT molecular complexity index is 791. The summed E-state index contributed by atoms with van der Waals surface area (Å²) in [5, 5.41) is 15.9. The first-order chi connectivity index (χ1) is 13.1. The van der Waals surface area contributed by atoms with E-state index in [-0.39, 0.29) is 12.5 Å². The van der Waals surface area contributed by atoms with Gasteiger partial charge in [0.05, 0.1) is 19.4 Å². The summed E-state index contributed by atoms with van der Waals surface area (Å²) in [6.45, 7) is 2.78. The highest BCUT2D eigenvalue weighted by molar-refractivity contribution is 7.10. The largest absolute Gasteiger partial charge is 0.494 e. The summed E-state index contributed by atoms with van der Waals surface area (Å²) in [7, 11) is 0. The molecule has 142 valence electrons. The van der Waals surface area contributed by atoms with Crippen LogP contribution < -0.4 is 10.1 Å². The normalized spacial score (nSPS) is 13.1. The van der Waals surface area contributed by atoms with Crippen LogP contribution in [0.3, 0.4) is 0 Å². The molecule has 0 fully saturated rings. The zero-order valence-electron chi connectivity index (χ0n) is 15.2.